The lowest BCUT2D eigenvalue weighted by molar-refractivity contribution is 0.594. The molecule has 9 heteroatoms. The van der Waals surface area contributed by atoms with Crippen LogP contribution in [0.25, 0.3) is 10.9 Å². The molecule has 1 unspecified atom stereocenters. The Bertz CT molecular complexity index is 1110. The second-order valence-corrected chi connectivity index (χ2v) is 9.74. The van der Waals surface area contributed by atoms with Crippen LogP contribution in [0.1, 0.15) is 6.92 Å². The summed E-state index contributed by atoms with van der Waals surface area (Å²) in [5.74, 6) is 0. The molecule has 0 saturated heterocycles. The maximum absolute atomic E-state index is 12.6. The van der Waals surface area contributed by atoms with Gasteiger partial charge in [-0.15, -0.1) is 11.6 Å². The molecule has 3 rings (SSSR count). The third kappa shape index (κ3) is 3.65. The molecule has 6 nitrogen and oxygen atoms in total. The summed E-state index contributed by atoms with van der Waals surface area (Å²) in [5, 5.41) is 0.472. The van der Waals surface area contributed by atoms with Gasteiger partial charge in [-0.05, 0) is 65.9 Å². The van der Waals surface area contributed by atoms with E-state index in [1.54, 1.807) is 24.3 Å². The number of sulfone groups is 1. The maximum Gasteiger partial charge on any atom is 0.280 e. The molecular formula is C16H13ClIN3O3S. The van der Waals surface area contributed by atoms with Crippen LogP contribution < -0.4 is 11.0 Å². The van der Waals surface area contributed by atoms with Crippen LogP contribution in [-0.2, 0) is 9.84 Å². The minimum absolute atomic E-state index is 0.0799. The highest BCUT2D eigenvalue weighted by Crippen LogP contribution is 2.21. The molecule has 0 amide bonds. The first-order valence-corrected chi connectivity index (χ1v) is 10.3. The number of benzene rings is 2. The van der Waals surface area contributed by atoms with Crippen LogP contribution in [0.15, 0.2) is 58.5 Å². The number of alkyl halides is 1. The first-order chi connectivity index (χ1) is 11.8. The fraction of sp³-hybridized carbons (Fsp3) is 0.125. The number of halogens is 2. The largest absolute Gasteiger partial charge is 0.290 e. The molecule has 0 aliphatic heterocycles. The summed E-state index contributed by atoms with van der Waals surface area (Å²) in [7, 11) is -3.62. The molecule has 1 aromatic heterocycles. The van der Waals surface area contributed by atoms with E-state index in [9.17, 15) is 13.2 Å². The first kappa shape index (κ1) is 18.2. The van der Waals surface area contributed by atoms with Crippen molar-refractivity contribution in [3.05, 3.63) is 62.7 Å². The zero-order valence-electron chi connectivity index (χ0n) is 13.0. The highest BCUT2D eigenvalue weighted by atomic mass is 127. The Labute approximate surface area is 162 Å². The van der Waals surface area contributed by atoms with Crippen molar-refractivity contribution < 1.29 is 8.42 Å². The van der Waals surface area contributed by atoms with E-state index in [-0.39, 0.29) is 10.5 Å². The van der Waals surface area contributed by atoms with Crippen molar-refractivity contribution in [1.29, 1.82) is 0 Å². The van der Waals surface area contributed by atoms with Gasteiger partial charge in [0.1, 0.15) is 11.0 Å². The number of nitrogens with one attached hydrogen (secondary N) is 1. The Morgan fingerprint density at radius 3 is 2.72 bits per heavy atom. The molecule has 25 heavy (non-hydrogen) atoms. The maximum atomic E-state index is 12.6. The molecular weight excluding hydrogens is 477 g/mol. The van der Waals surface area contributed by atoms with Gasteiger partial charge in [-0.1, -0.05) is 6.07 Å². The molecule has 0 radical (unpaired) electrons. The van der Waals surface area contributed by atoms with E-state index in [1.165, 1.54) is 30.1 Å². The van der Waals surface area contributed by atoms with Crippen LogP contribution in [-0.4, -0.2) is 22.8 Å². The van der Waals surface area contributed by atoms with E-state index >= 15 is 0 Å². The molecule has 1 heterocycles. The zero-order valence-corrected chi connectivity index (χ0v) is 16.7. The summed E-state index contributed by atoms with van der Waals surface area (Å²) in [6.45, 7) is 1.40. The van der Waals surface area contributed by atoms with Crippen LogP contribution in [0, 0.1) is 3.57 Å². The van der Waals surface area contributed by atoms with Gasteiger partial charge in [0, 0.05) is 3.57 Å². The van der Waals surface area contributed by atoms with Crippen molar-refractivity contribution >= 4 is 60.6 Å². The van der Waals surface area contributed by atoms with Crippen LogP contribution in [0.5, 0.6) is 0 Å². The van der Waals surface area contributed by atoms with Gasteiger partial charge in [0.05, 0.1) is 21.5 Å². The fourth-order valence-electron chi connectivity index (χ4n) is 2.24. The quantitative estimate of drug-likeness (QED) is 0.450. The fourth-order valence-corrected chi connectivity index (χ4v) is 3.98. The number of fused-ring (bicyclic) bond motifs is 1. The lowest BCUT2D eigenvalue weighted by Crippen LogP contribution is -2.26. The average molecular weight is 490 g/mol. The van der Waals surface area contributed by atoms with E-state index in [0.717, 1.165) is 3.57 Å². The average Bonchev–Trinajstić information content (AvgIpc) is 2.58. The number of hydrogen-bond donors (Lipinski definition) is 1. The SMILES string of the molecule is CC(Cl)S(=O)(=O)c1cccc(Nn2cnc3ccc(I)cc3c2=O)c1. The minimum Gasteiger partial charge on any atom is -0.290 e. The van der Waals surface area contributed by atoms with Gasteiger partial charge in [0.25, 0.3) is 5.56 Å². The summed E-state index contributed by atoms with van der Waals surface area (Å²) in [5.41, 5.74) is 3.62. The predicted molar refractivity (Wildman–Crippen MR) is 107 cm³/mol. The smallest absolute Gasteiger partial charge is 0.280 e. The lowest BCUT2D eigenvalue weighted by atomic mass is 10.2. The van der Waals surface area contributed by atoms with Crippen LogP contribution >= 0.6 is 34.2 Å². The van der Waals surface area contributed by atoms with Crippen molar-refractivity contribution in [2.75, 3.05) is 5.43 Å². The van der Waals surface area contributed by atoms with Crippen molar-refractivity contribution in [2.45, 2.75) is 16.5 Å². The van der Waals surface area contributed by atoms with Gasteiger partial charge in [0.2, 0.25) is 0 Å². The normalized spacial score (nSPS) is 12.9. The molecule has 2 aromatic carbocycles. The van der Waals surface area contributed by atoms with E-state index in [0.29, 0.717) is 16.6 Å². The zero-order chi connectivity index (χ0) is 18.2. The van der Waals surface area contributed by atoms with E-state index in [4.69, 9.17) is 11.6 Å². The summed E-state index contributed by atoms with van der Waals surface area (Å²) < 4.78 is 25.4. The molecule has 130 valence electrons. The standard InChI is InChI=1S/C16H13ClIN3O3S/c1-10(17)25(23,24)13-4-2-3-12(8-13)20-21-9-19-15-6-5-11(18)7-14(15)16(21)22/h2-10,20H,1H3. The van der Waals surface area contributed by atoms with Gasteiger partial charge in [-0.3, -0.25) is 10.2 Å². The van der Waals surface area contributed by atoms with Gasteiger partial charge in [-0.25, -0.2) is 18.1 Å². The Kier molecular flexibility index (Phi) is 5.03. The van der Waals surface area contributed by atoms with Crippen molar-refractivity contribution in [3.8, 4) is 0 Å². The number of aromatic nitrogens is 2. The molecule has 0 aliphatic carbocycles. The van der Waals surface area contributed by atoms with E-state index in [1.807, 2.05) is 6.07 Å². The number of nitrogens with zero attached hydrogens (tertiary/aromatic N) is 2. The highest BCUT2D eigenvalue weighted by Gasteiger charge is 2.21. The van der Waals surface area contributed by atoms with Gasteiger partial charge < -0.3 is 0 Å². The third-order valence-electron chi connectivity index (χ3n) is 3.56. The first-order valence-electron chi connectivity index (χ1n) is 7.21. The van der Waals surface area contributed by atoms with Crippen molar-refractivity contribution in [1.82, 2.24) is 9.66 Å². The molecule has 0 saturated carbocycles. The second-order valence-electron chi connectivity index (χ2n) is 5.31. The molecule has 0 aliphatic rings. The Balaban J connectivity index is 2.03. The van der Waals surface area contributed by atoms with Gasteiger partial charge >= 0.3 is 0 Å². The third-order valence-corrected chi connectivity index (χ3v) is 6.70. The summed E-state index contributed by atoms with van der Waals surface area (Å²) in [6, 6.07) is 11.5. The Morgan fingerprint density at radius 2 is 2.00 bits per heavy atom. The Morgan fingerprint density at radius 1 is 1.24 bits per heavy atom. The number of rotatable bonds is 4. The molecule has 3 aromatic rings. The summed E-state index contributed by atoms with van der Waals surface area (Å²) >= 11 is 7.87. The topological polar surface area (TPSA) is 81.1 Å². The number of hydrogen-bond acceptors (Lipinski definition) is 5. The molecule has 1 N–H and O–H groups in total. The van der Waals surface area contributed by atoms with Gasteiger partial charge in [-0.2, -0.15) is 0 Å². The van der Waals surface area contributed by atoms with E-state index < -0.39 is 14.5 Å². The molecule has 0 spiro atoms. The van der Waals surface area contributed by atoms with Crippen LogP contribution in [0.4, 0.5) is 5.69 Å². The van der Waals surface area contributed by atoms with Crippen LogP contribution in [0.3, 0.4) is 0 Å². The lowest BCUT2D eigenvalue weighted by Gasteiger charge is -2.12. The van der Waals surface area contributed by atoms with Crippen molar-refractivity contribution in [3.63, 3.8) is 0 Å². The Hall–Kier alpha value is -1.65. The van der Waals surface area contributed by atoms with Gasteiger partial charge in [0.15, 0.2) is 9.84 Å². The van der Waals surface area contributed by atoms with Crippen molar-refractivity contribution in [2.24, 2.45) is 0 Å². The van der Waals surface area contributed by atoms with Crippen LogP contribution in [0.2, 0.25) is 0 Å². The second kappa shape index (κ2) is 6.93. The summed E-state index contributed by atoms with van der Waals surface area (Å²) in [4.78, 5) is 16.9. The molecule has 0 fully saturated rings. The molecule has 1 atom stereocenters. The molecule has 0 bridgehead atoms. The monoisotopic (exact) mass is 489 g/mol. The predicted octanol–water partition coefficient (Wildman–Crippen LogP) is 3.23. The highest BCUT2D eigenvalue weighted by molar-refractivity contribution is 14.1. The minimum atomic E-state index is -3.62. The summed E-state index contributed by atoms with van der Waals surface area (Å²) in [6.07, 6.45) is 1.36. The number of anilines is 1. The van der Waals surface area contributed by atoms with E-state index in [2.05, 4.69) is 33.0 Å².